The summed E-state index contributed by atoms with van der Waals surface area (Å²) in [7, 11) is 1.51. The van der Waals surface area contributed by atoms with E-state index < -0.39 is 18.8 Å². The molecule has 1 atom stereocenters. The molecule has 1 aromatic carbocycles. The summed E-state index contributed by atoms with van der Waals surface area (Å²) in [4.78, 5) is 0. The molecule has 0 radical (unpaired) electrons. The molecule has 0 fully saturated rings. The van der Waals surface area contributed by atoms with Crippen LogP contribution in [0.1, 0.15) is 22.7 Å². The second-order valence-electron chi connectivity index (χ2n) is 4.48. The second kappa shape index (κ2) is 6.92. The number of benzene rings is 1. The van der Waals surface area contributed by atoms with Crippen molar-refractivity contribution in [1.82, 2.24) is 5.43 Å². The summed E-state index contributed by atoms with van der Waals surface area (Å²) in [6.45, 7) is 2.29. The van der Waals surface area contributed by atoms with Crippen molar-refractivity contribution in [1.29, 1.82) is 0 Å². The standard InChI is InChI=1S/C13H19F3N2O2/c1-8-4-5-10(12(19-3)9(8)2)11(18-17)6-20-7-13(14,15)16/h4-5,11,18H,6-7,17H2,1-3H3. The van der Waals surface area contributed by atoms with E-state index in [1.807, 2.05) is 19.9 Å². The van der Waals surface area contributed by atoms with Gasteiger partial charge < -0.3 is 9.47 Å². The average Bonchev–Trinajstić information content (AvgIpc) is 2.37. The fourth-order valence-corrected chi connectivity index (χ4v) is 1.88. The maximum Gasteiger partial charge on any atom is 0.411 e. The smallest absolute Gasteiger partial charge is 0.411 e. The van der Waals surface area contributed by atoms with Crippen LogP contribution >= 0.6 is 0 Å². The second-order valence-corrected chi connectivity index (χ2v) is 4.48. The fraction of sp³-hybridized carbons (Fsp3) is 0.538. The van der Waals surface area contributed by atoms with Crippen molar-refractivity contribution in [3.63, 3.8) is 0 Å². The van der Waals surface area contributed by atoms with Crippen LogP contribution in [-0.4, -0.2) is 26.5 Å². The van der Waals surface area contributed by atoms with Crippen molar-refractivity contribution in [3.8, 4) is 5.75 Å². The molecule has 0 aliphatic carbocycles. The van der Waals surface area contributed by atoms with Crippen LogP contribution in [0.2, 0.25) is 0 Å². The monoisotopic (exact) mass is 292 g/mol. The molecule has 1 rings (SSSR count). The Labute approximate surface area is 116 Å². The average molecular weight is 292 g/mol. The Balaban J connectivity index is 2.87. The van der Waals surface area contributed by atoms with E-state index in [2.05, 4.69) is 10.2 Å². The fourth-order valence-electron chi connectivity index (χ4n) is 1.88. The Hall–Kier alpha value is -1.31. The third kappa shape index (κ3) is 4.36. The van der Waals surface area contributed by atoms with E-state index >= 15 is 0 Å². The maximum atomic E-state index is 12.1. The van der Waals surface area contributed by atoms with Crippen LogP contribution in [0, 0.1) is 13.8 Å². The van der Waals surface area contributed by atoms with Gasteiger partial charge in [0.1, 0.15) is 12.4 Å². The highest BCUT2D eigenvalue weighted by Gasteiger charge is 2.28. The van der Waals surface area contributed by atoms with Crippen LogP contribution in [-0.2, 0) is 4.74 Å². The van der Waals surface area contributed by atoms with Crippen molar-refractivity contribution in [2.24, 2.45) is 5.84 Å². The van der Waals surface area contributed by atoms with E-state index in [9.17, 15) is 13.2 Å². The number of aryl methyl sites for hydroxylation is 1. The molecule has 7 heteroatoms. The predicted molar refractivity (Wildman–Crippen MR) is 69.4 cm³/mol. The Morgan fingerprint density at radius 3 is 2.45 bits per heavy atom. The highest BCUT2D eigenvalue weighted by atomic mass is 19.4. The van der Waals surface area contributed by atoms with Gasteiger partial charge in [0.15, 0.2) is 0 Å². The molecule has 0 aliphatic heterocycles. The summed E-state index contributed by atoms with van der Waals surface area (Å²) in [6, 6.07) is 3.05. The minimum Gasteiger partial charge on any atom is -0.496 e. The van der Waals surface area contributed by atoms with Crippen LogP contribution in [0.4, 0.5) is 13.2 Å². The number of alkyl halides is 3. The maximum absolute atomic E-state index is 12.1. The van der Waals surface area contributed by atoms with Gasteiger partial charge in [-0.2, -0.15) is 13.2 Å². The van der Waals surface area contributed by atoms with Gasteiger partial charge in [0.25, 0.3) is 0 Å². The van der Waals surface area contributed by atoms with Crippen LogP contribution in [0.5, 0.6) is 5.75 Å². The first kappa shape index (κ1) is 16.7. The molecule has 0 bridgehead atoms. The van der Waals surface area contributed by atoms with E-state index in [-0.39, 0.29) is 6.61 Å². The molecule has 1 unspecified atom stereocenters. The molecular formula is C13H19F3N2O2. The molecule has 0 saturated heterocycles. The topological polar surface area (TPSA) is 56.5 Å². The number of hydrogen-bond acceptors (Lipinski definition) is 4. The molecule has 0 aliphatic rings. The Morgan fingerprint density at radius 2 is 1.95 bits per heavy atom. The summed E-state index contributed by atoms with van der Waals surface area (Å²) < 4.78 is 46.2. The lowest BCUT2D eigenvalue weighted by Crippen LogP contribution is -2.33. The minimum absolute atomic E-state index is 0.200. The summed E-state index contributed by atoms with van der Waals surface area (Å²) >= 11 is 0. The van der Waals surface area contributed by atoms with Gasteiger partial charge in [-0.25, -0.2) is 0 Å². The summed E-state index contributed by atoms with van der Waals surface area (Å²) in [5, 5.41) is 0. The highest BCUT2D eigenvalue weighted by molar-refractivity contribution is 5.46. The first-order chi connectivity index (χ1) is 9.30. The third-order valence-corrected chi connectivity index (χ3v) is 3.04. The number of hydrogen-bond donors (Lipinski definition) is 2. The van der Waals surface area contributed by atoms with Crippen molar-refractivity contribution < 1.29 is 22.6 Å². The van der Waals surface area contributed by atoms with Crippen LogP contribution in [0.15, 0.2) is 12.1 Å². The van der Waals surface area contributed by atoms with Crippen molar-refractivity contribution in [2.75, 3.05) is 20.3 Å². The molecule has 0 aromatic heterocycles. The van der Waals surface area contributed by atoms with Gasteiger partial charge >= 0.3 is 6.18 Å². The summed E-state index contributed by atoms with van der Waals surface area (Å²) in [5.74, 6) is 6.00. The van der Waals surface area contributed by atoms with Crippen molar-refractivity contribution >= 4 is 0 Å². The van der Waals surface area contributed by atoms with E-state index in [1.54, 1.807) is 6.07 Å². The number of nitrogens with two attached hydrogens (primary N) is 1. The Kier molecular flexibility index (Phi) is 5.79. The van der Waals surface area contributed by atoms with E-state index in [4.69, 9.17) is 10.6 Å². The number of ether oxygens (including phenoxy) is 2. The Morgan fingerprint density at radius 1 is 1.30 bits per heavy atom. The SMILES string of the molecule is COc1c(C(COCC(F)(F)F)NN)ccc(C)c1C. The molecular weight excluding hydrogens is 273 g/mol. The molecule has 1 aromatic rings. The van der Waals surface area contributed by atoms with Gasteiger partial charge in [-0.15, -0.1) is 0 Å². The predicted octanol–water partition coefficient (Wildman–Crippen LogP) is 2.40. The number of halogens is 3. The molecule has 0 saturated carbocycles. The lowest BCUT2D eigenvalue weighted by atomic mass is 10.00. The van der Waals surface area contributed by atoms with Gasteiger partial charge in [0.05, 0.1) is 19.8 Å². The normalized spacial score (nSPS) is 13.3. The summed E-state index contributed by atoms with van der Waals surface area (Å²) in [5.41, 5.74) is 5.06. The zero-order chi connectivity index (χ0) is 15.3. The summed E-state index contributed by atoms with van der Waals surface area (Å²) in [6.07, 6.45) is -4.35. The van der Waals surface area contributed by atoms with Gasteiger partial charge in [0, 0.05) is 5.56 Å². The van der Waals surface area contributed by atoms with Crippen LogP contribution in [0.25, 0.3) is 0 Å². The molecule has 3 N–H and O–H groups in total. The number of hydrazine groups is 1. The van der Waals surface area contributed by atoms with Crippen LogP contribution in [0.3, 0.4) is 0 Å². The van der Waals surface area contributed by atoms with Crippen LogP contribution < -0.4 is 16.0 Å². The highest BCUT2D eigenvalue weighted by Crippen LogP contribution is 2.31. The molecule has 20 heavy (non-hydrogen) atoms. The lowest BCUT2D eigenvalue weighted by molar-refractivity contribution is -0.175. The van der Waals surface area contributed by atoms with Gasteiger partial charge in [-0.1, -0.05) is 12.1 Å². The zero-order valence-corrected chi connectivity index (χ0v) is 11.7. The largest absolute Gasteiger partial charge is 0.496 e. The van der Waals surface area contributed by atoms with Gasteiger partial charge in [-0.05, 0) is 25.0 Å². The van der Waals surface area contributed by atoms with Crippen molar-refractivity contribution in [2.45, 2.75) is 26.1 Å². The minimum atomic E-state index is -4.35. The first-order valence-electron chi connectivity index (χ1n) is 6.05. The van der Waals surface area contributed by atoms with Gasteiger partial charge in [-0.3, -0.25) is 11.3 Å². The number of methoxy groups -OCH3 is 1. The molecule has 0 heterocycles. The van der Waals surface area contributed by atoms with Crippen molar-refractivity contribution in [3.05, 3.63) is 28.8 Å². The molecule has 114 valence electrons. The molecule has 0 spiro atoms. The zero-order valence-electron chi connectivity index (χ0n) is 11.7. The van der Waals surface area contributed by atoms with E-state index in [0.717, 1.165) is 11.1 Å². The molecule has 0 amide bonds. The van der Waals surface area contributed by atoms with E-state index in [1.165, 1.54) is 7.11 Å². The van der Waals surface area contributed by atoms with Gasteiger partial charge in [0.2, 0.25) is 0 Å². The van der Waals surface area contributed by atoms with E-state index in [0.29, 0.717) is 11.3 Å². The molecule has 4 nitrogen and oxygen atoms in total. The quantitative estimate of drug-likeness (QED) is 0.624. The Bertz CT molecular complexity index is 450. The number of nitrogens with one attached hydrogen (secondary N) is 1. The number of rotatable bonds is 6. The first-order valence-corrected chi connectivity index (χ1v) is 6.05. The third-order valence-electron chi connectivity index (χ3n) is 3.04. The lowest BCUT2D eigenvalue weighted by Gasteiger charge is -2.21.